The van der Waals surface area contributed by atoms with Gasteiger partial charge < -0.3 is 9.47 Å². The minimum absolute atomic E-state index is 0.0773. The Labute approximate surface area is 133 Å². The molecule has 1 unspecified atom stereocenters. The molecular formula is C18H15ClO3. The van der Waals surface area contributed by atoms with Gasteiger partial charge in [-0.3, -0.25) is 4.79 Å². The molecule has 112 valence electrons. The number of methoxy groups -OCH3 is 1. The van der Waals surface area contributed by atoms with Crippen molar-refractivity contribution in [2.24, 2.45) is 0 Å². The van der Waals surface area contributed by atoms with Gasteiger partial charge in [0.15, 0.2) is 5.78 Å². The van der Waals surface area contributed by atoms with Crippen LogP contribution in [-0.2, 0) is 17.8 Å². The first kappa shape index (κ1) is 13.8. The molecule has 0 saturated carbocycles. The molecule has 0 spiro atoms. The van der Waals surface area contributed by atoms with Crippen molar-refractivity contribution < 1.29 is 14.3 Å². The summed E-state index contributed by atoms with van der Waals surface area (Å²) in [6.07, 6.45) is 1.28. The lowest BCUT2D eigenvalue weighted by molar-refractivity contribution is 0.0559. The van der Waals surface area contributed by atoms with E-state index in [4.69, 9.17) is 21.1 Å². The second-order valence-electron chi connectivity index (χ2n) is 5.72. The molecular weight excluding hydrogens is 300 g/mol. The molecule has 22 heavy (non-hydrogen) atoms. The van der Waals surface area contributed by atoms with E-state index in [0.29, 0.717) is 11.6 Å². The molecule has 0 radical (unpaired) electrons. The summed E-state index contributed by atoms with van der Waals surface area (Å²) >= 11 is 6.03. The molecule has 1 aliphatic carbocycles. The molecule has 1 aliphatic heterocycles. The Kier molecular flexibility index (Phi) is 3.21. The van der Waals surface area contributed by atoms with Crippen molar-refractivity contribution in [3.8, 4) is 16.9 Å². The summed E-state index contributed by atoms with van der Waals surface area (Å²) in [5.41, 5.74) is 5.09. The maximum Gasteiger partial charge on any atom is 0.191 e. The number of benzene rings is 2. The van der Waals surface area contributed by atoms with Crippen LogP contribution in [0.5, 0.6) is 5.75 Å². The van der Waals surface area contributed by atoms with E-state index in [1.807, 2.05) is 24.3 Å². The van der Waals surface area contributed by atoms with Crippen molar-refractivity contribution >= 4 is 17.4 Å². The zero-order chi connectivity index (χ0) is 15.3. The number of aryl methyl sites for hydroxylation is 1. The van der Waals surface area contributed by atoms with Crippen LogP contribution in [0.4, 0.5) is 0 Å². The SMILES string of the molecule is COC1CCc2cc3c(cc2C1=O)COc1cc(Cl)ccc1-3. The van der Waals surface area contributed by atoms with Gasteiger partial charge in [0.2, 0.25) is 0 Å². The molecule has 3 nitrogen and oxygen atoms in total. The molecule has 2 aromatic rings. The van der Waals surface area contributed by atoms with Crippen LogP contribution >= 0.6 is 11.6 Å². The van der Waals surface area contributed by atoms with Gasteiger partial charge in [0.05, 0.1) is 0 Å². The van der Waals surface area contributed by atoms with Crippen LogP contribution in [-0.4, -0.2) is 19.0 Å². The third kappa shape index (κ3) is 2.04. The number of hydrogen-bond acceptors (Lipinski definition) is 3. The van der Waals surface area contributed by atoms with Gasteiger partial charge >= 0.3 is 0 Å². The molecule has 1 atom stereocenters. The van der Waals surface area contributed by atoms with Crippen molar-refractivity contribution in [2.75, 3.05) is 7.11 Å². The van der Waals surface area contributed by atoms with Crippen LogP contribution in [0, 0.1) is 0 Å². The predicted octanol–water partition coefficient (Wildman–Crippen LogP) is 4.04. The number of carbonyl (C=O) groups is 1. The highest BCUT2D eigenvalue weighted by molar-refractivity contribution is 6.30. The molecule has 4 rings (SSSR count). The highest BCUT2D eigenvalue weighted by Crippen LogP contribution is 2.41. The van der Waals surface area contributed by atoms with Gasteiger partial charge in [-0.25, -0.2) is 0 Å². The van der Waals surface area contributed by atoms with Gasteiger partial charge in [0, 0.05) is 23.3 Å². The summed E-state index contributed by atoms with van der Waals surface area (Å²) in [6.45, 7) is 0.459. The third-order valence-electron chi connectivity index (χ3n) is 4.46. The monoisotopic (exact) mass is 314 g/mol. The fraction of sp³-hybridized carbons (Fsp3) is 0.278. The largest absolute Gasteiger partial charge is 0.488 e. The molecule has 0 saturated heterocycles. The number of hydrogen-bond donors (Lipinski definition) is 0. The molecule has 0 bridgehead atoms. The van der Waals surface area contributed by atoms with Crippen LogP contribution in [0.2, 0.25) is 5.02 Å². The second kappa shape index (κ2) is 5.11. The molecule has 0 amide bonds. The number of rotatable bonds is 1. The van der Waals surface area contributed by atoms with Crippen LogP contribution in [0.3, 0.4) is 0 Å². The molecule has 0 fully saturated rings. The average Bonchev–Trinajstić information content (AvgIpc) is 2.53. The minimum atomic E-state index is -0.318. The lowest BCUT2D eigenvalue weighted by atomic mass is 9.83. The standard InChI is InChI=1S/C18H15ClO3/c1-21-16-5-2-10-6-14-11(7-15(10)18(16)20)9-22-17-8-12(19)3-4-13(14)17/h3-4,6-8,16H,2,5,9H2,1H3. The van der Waals surface area contributed by atoms with Gasteiger partial charge in [-0.2, -0.15) is 0 Å². The summed E-state index contributed by atoms with van der Waals surface area (Å²) in [4.78, 5) is 12.4. The maximum absolute atomic E-state index is 12.4. The van der Waals surface area contributed by atoms with Crippen molar-refractivity contribution in [2.45, 2.75) is 25.6 Å². The number of ketones is 1. The second-order valence-corrected chi connectivity index (χ2v) is 6.16. The summed E-state index contributed by atoms with van der Waals surface area (Å²) < 4.78 is 11.1. The van der Waals surface area contributed by atoms with Gasteiger partial charge in [-0.1, -0.05) is 11.6 Å². The molecule has 0 N–H and O–H groups in total. The van der Waals surface area contributed by atoms with Crippen LogP contribution < -0.4 is 4.74 Å². The number of Topliss-reactive ketones (excluding diaryl/α,β-unsaturated/α-hetero) is 1. The van der Waals surface area contributed by atoms with Crippen molar-refractivity contribution in [3.63, 3.8) is 0 Å². The zero-order valence-corrected chi connectivity index (χ0v) is 12.9. The number of halogens is 1. The first-order chi connectivity index (χ1) is 10.7. The minimum Gasteiger partial charge on any atom is -0.488 e. The highest BCUT2D eigenvalue weighted by atomic mass is 35.5. The molecule has 2 aliphatic rings. The lowest BCUT2D eigenvalue weighted by Gasteiger charge is -2.27. The van der Waals surface area contributed by atoms with Gasteiger partial charge in [0.25, 0.3) is 0 Å². The van der Waals surface area contributed by atoms with Crippen molar-refractivity contribution in [3.05, 3.63) is 52.0 Å². The smallest absolute Gasteiger partial charge is 0.191 e. The van der Waals surface area contributed by atoms with Crippen LogP contribution in [0.25, 0.3) is 11.1 Å². The normalized spacial score (nSPS) is 19.0. The quantitative estimate of drug-likeness (QED) is 0.797. The Balaban J connectivity index is 1.86. The molecule has 2 aromatic carbocycles. The van der Waals surface area contributed by atoms with E-state index in [0.717, 1.165) is 46.4 Å². The molecule has 0 aromatic heterocycles. The first-order valence-corrected chi connectivity index (χ1v) is 7.70. The summed E-state index contributed by atoms with van der Waals surface area (Å²) in [6, 6.07) is 9.78. The first-order valence-electron chi connectivity index (χ1n) is 7.33. The van der Waals surface area contributed by atoms with E-state index in [1.165, 1.54) is 0 Å². The Bertz CT molecular complexity index is 782. The van der Waals surface area contributed by atoms with Gasteiger partial charge in [0.1, 0.15) is 18.5 Å². The molecule has 1 heterocycles. The maximum atomic E-state index is 12.4. The number of carbonyl (C=O) groups excluding carboxylic acids is 1. The fourth-order valence-corrected chi connectivity index (χ4v) is 3.47. The van der Waals surface area contributed by atoms with Crippen LogP contribution in [0.1, 0.15) is 27.9 Å². The Morgan fingerprint density at radius 2 is 1.95 bits per heavy atom. The van der Waals surface area contributed by atoms with E-state index in [-0.39, 0.29) is 11.9 Å². The van der Waals surface area contributed by atoms with Crippen molar-refractivity contribution in [1.29, 1.82) is 0 Å². The lowest BCUT2D eigenvalue weighted by Crippen LogP contribution is -2.29. The predicted molar refractivity (Wildman–Crippen MR) is 84.7 cm³/mol. The van der Waals surface area contributed by atoms with E-state index >= 15 is 0 Å². The Hall–Kier alpha value is -1.84. The Morgan fingerprint density at radius 3 is 2.77 bits per heavy atom. The fourth-order valence-electron chi connectivity index (χ4n) is 3.31. The summed E-state index contributed by atoms with van der Waals surface area (Å²) in [5.74, 6) is 0.880. The Morgan fingerprint density at radius 1 is 1.14 bits per heavy atom. The highest BCUT2D eigenvalue weighted by Gasteiger charge is 2.29. The topological polar surface area (TPSA) is 35.5 Å². The van der Waals surface area contributed by atoms with Crippen molar-refractivity contribution in [1.82, 2.24) is 0 Å². The summed E-state index contributed by atoms with van der Waals surface area (Å²) in [7, 11) is 1.59. The number of fused-ring (bicyclic) bond motifs is 4. The van der Waals surface area contributed by atoms with E-state index in [1.54, 1.807) is 7.11 Å². The van der Waals surface area contributed by atoms with E-state index < -0.39 is 0 Å². The van der Waals surface area contributed by atoms with Gasteiger partial charge in [-0.15, -0.1) is 0 Å². The molecule has 4 heteroatoms. The van der Waals surface area contributed by atoms with Crippen LogP contribution in [0.15, 0.2) is 30.3 Å². The average molecular weight is 315 g/mol. The summed E-state index contributed by atoms with van der Waals surface area (Å²) in [5, 5.41) is 0.665. The van der Waals surface area contributed by atoms with E-state index in [9.17, 15) is 4.79 Å². The number of ether oxygens (including phenoxy) is 2. The van der Waals surface area contributed by atoms with Gasteiger partial charge in [-0.05, 0) is 59.9 Å². The van der Waals surface area contributed by atoms with E-state index in [2.05, 4.69) is 6.07 Å². The third-order valence-corrected chi connectivity index (χ3v) is 4.70. The zero-order valence-electron chi connectivity index (χ0n) is 12.2.